The number of hydrogen-bond acceptors (Lipinski definition) is 12. The lowest BCUT2D eigenvalue weighted by atomic mass is 10.1. The van der Waals surface area contributed by atoms with Gasteiger partial charge in [-0.05, 0) is 12.1 Å². The molecule has 202 valence electrons. The molecule has 4 atom stereocenters. The van der Waals surface area contributed by atoms with Gasteiger partial charge in [-0.1, -0.05) is 18.2 Å². The molecule has 1 amide bonds. The number of aromatic nitrogens is 4. The predicted octanol–water partition coefficient (Wildman–Crippen LogP) is -0.365. The molecule has 3 heterocycles. The van der Waals surface area contributed by atoms with Crippen LogP contribution in [0.3, 0.4) is 0 Å². The maximum absolute atomic E-state index is 12.6. The number of nitriles is 1. The van der Waals surface area contributed by atoms with Crippen molar-refractivity contribution < 1.29 is 38.7 Å². The maximum atomic E-state index is 12.6. The highest BCUT2D eigenvalue weighted by molar-refractivity contribution is 5.90. The lowest BCUT2D eigenvalue weighted by Gasteiger charge is -2.22. The van der Waals surface area contributed by atoms with Gasteiger partial charge in [-0.15, -0.1) is 0 Å². The molecule has 1 aliphatic rings. The number of amides is 1. The number of ether oxygens (including phenoxy) is 5. The van der Waals surface area contributed by atoms with Crippen LogP contribution in [0.15, 0.2) is 41.5 Å². The number of aliphatic hydroxyl groups is 2. The highest BCUT2D eigenvalue weighted by Gasteiger charge is 2.46. The molecule has 1 aromatic carbocycles. The number of fused-ring (bicyclic) bond motifs is 1. The number of para-hydroxylation sites is 1. The van der Waals surface area contributed by atoms with Crippen molar-refractivity contribution in [2.45, 2.75) is 31.0 Å². The van der Waals surface area contributed by atoms with E-state index in [9.17, 15) is 19.8 Å². The fourth-order valence-corrected chi connectivity index (χ4v) is 3.67. The summed E-state index contributed by atoms with van der Waals surface area (Å²) in [4.78, 5) is 35.8. The second kappa shape index (κ2) is 13.1. The van der Waals surface area contributed by atoms with Crippen molar-refractivity contribution in [1.82, 2.24) is 19.5 Å². The van der Waals surface area contributed by atoms with Crippen LogP contribution in [-0.4, -0.2) is 87.4 Å². The Bertz CT molecular complexity index is 1310. The van der Waals surface area contributed by atoms with Crippen molar-refractivity contribution in [3.8, 4) is 11.8 Å². The summed E-state index contributed by atoms with van der Waals surface area (Å²) < 4.78 is 28.5. The Morgan fingerprint density at radius 1 is 1.26 bits per heavy atom. The first-order valence-electron chi connectivity index (χ1n) is 11.5. The molecule has 1 aliphatic heterocycles. The molecule has 1 saturated heterocycles. The molecule has 0 radical (unpaired) electrons. The number of aromatic amines is 1. The number of imidazole rings is 1. The van der Waals surface area contributed by atoms with Crippen molar-refractivity contribution in [3.63, 3.8) is 0 Å². The number of carbonyl (C=O) groups excluding carboxylic acids is 1. The van der Waals surface area contributed by atoms with Crippen molar-refractivity contribution >= 4 is 23.0 Å². The molecule has 3 aromatic rings. The van der Waals surface area contributed by atoms with Crippen molar-refractivity contribution in [2.24, 2.45) is 0 Å². The van der Waals surface area contributed by atoms with Crippen LogP contribution >= 0.6 is 0 Å². The first kappa shape index (κ1) is 27.1. The first-order valence-corrected chi connectivity index (χ1v) is 11.5. The van der Waals surface area contributed by atoms with Crippen LogP contribution in [0, 0.1) is 11.3 Å². The minimum Gasteiger partial charge on any atom is -0.484 e. The van der Waals surface area contributed by atoms with Crippen LogP contribution in [0.5, 0.6) is 5.75 Å². The normalized spacial score (nSPS) is 20.9. The number of benzene rings is 1. The number of carbonyl (C=O) groups is 1. The summed E-state index contributed by atoms with van der Waals surface area (Å²) in [5.41, 5.74) is -0.631. The molecule has 15 nitrogen and oxygen atoms in total. The van der Waals surface area contributed by atoms with E-state index < -0.39 is 42.6 Å². The Labute approximate surface area is 215 Å². The number of hydrogen-bond donors (Lipinski definition) is 4. The van der Waals surface area contributed by atoms with Gasteiger partial charge in [0.15, 0.2) is 24.0 Å². The van der Waals surface area contributed by atoms with Crippen molar-refractivity contribution in [1.29, 1.82) is 5.26 Å². The number of H-pyrrole nitrogens is 1. The van der Waals surface area contributed by atoms with Gasteiger partial charge in [-0.25, -0.2) is 4.98 Å². The maximum Gasteiger partial charge on any atom is 0.280 e. The fourth-order valence-electron chi connectivity index (χ4n) is 3.67. The van der Waals surface area contributed by atoms with E-state index in [0.717, 1.165) is 0 Å². The average Bonchev–Trinajstić information content (AvgIpc) is 3.48. The Morgan fingerprint density at radius 2 is 2.08 bits per heavy atom. The van der Waals surface area contributed by atoms with E-state index in [1.165, 1.54) is 10.9 Å². The lowest BCUT2D eigenvalue weighted by molar-refractivity contribution is -0.174. The SMILES string of the molecule is N#CCCOCOCO[C@H]1C(O)[C@@H](CO)O[C@H]1n1cnc2c(=O)[nH]c(NC(=O)COc3ccccc3)nc21. The quantitative estimate of drug-likeness (QED) is 0.165. The molecule has 0 bridgehead atoms. The first-order chi connectivity index (χ1) is 18.5. The number of aliphatic hydroxyl groups excluding tert-OH is 2. The number of nitrogens with zero attached hydrogens (tertiary/aromatic N) is 4. The van der Waals surface area contributed by atoms with E-state index in [4.69, 9.17) is 28.9 Å². The Hall–Kier alpha value is -3.91. The number of anilines is 1. The predicted molar refractivity (Wildman–Crippen MR) is 128 cm³/mol. The zero-order valence-corrected chi connectivity index (χ0v) is 20.1. The Morgan fingerprint density at radius 3 is 2.84 bits per heavy atom. The highest BCUT2D eigenvalue weighted by atomic mass is 16.7. The van der Waals surface area contributed by atoms with E-state index in [-0.39, 0.29) is 50.3 Å². The standard InChI is InChI=1S/C23H26N6O9/c24-7-4-8-34-12-35-13-37-19-18(32)15(9-30)38-22(19)29-11-25-17-20(29)27-23(28-21(17)33)26-16(31)10-36-14-5-2-1-3-6-14/h1-3,5-6,11,15,18-19,22,30,32H,4,8-10,12-13H2,(H2,26,27,28,31,33)/t15-,18?,19+,22-/m1/s1. The van der Waals surface area contributed by atoms with E-state index in [1.807, 2.05) is 12.1 Å². The third-order valence-electron chi connectivity index (χ3n) is 5.44. The van der Waals surface area contributed by atoms with Gasteiger partial charge in [0.25, 0.3) is 11.5 Å². The van der Waals surface area contributed by atoms with Crippen LogP contribution in [0.4, 0.5) is 5.95 Å². The third-order valence-corrected chi connectivity index (χ3v) is 5.44. The summed E-state index contributed by atoms with van der Waals surface area (Å²) in [6.45, 7) is -1.06. The van der Waals surface area contributed by atoms with Gasteiger partial charge in [-0.3, -0.25) is 24.5 Å². The van der Waals surface area contributed by atoms with Crippen molar-refractivity contribution in [3.05, 3.63) is 47.0 Å². The lowest BCUT2D eigenvalue weighted by Crippen LogP contribution is -2.36. The summed E-state index contributed by atoms with van der Waals surface area (Å²) in [6, 6.07) is 10.7. The molecule has 4 N–H and O–H groups in total. The van der Waals surface area contributed by atoms with E-state index in [2.05, 4.69) is 20.3 Å². The Balaban J connectivity index is 1.47. The minimum atomic E-state index is -1.25. The topological polar surface area (TPSA) is 203 Å². The second-order valence-corrected chi connectivity index (χ2v) is 8.01. The highest BCUT2D eigenvalue weighted by Crippen LogP contribution is 2.33. The van der Waals surface area contributed by atoms with E-state index in [0.29, 0.717) is 5.75 Å². The molecule has 15 heteroatoms. The zero-order valence-electron chi connectivity index (χ0n) is 20.1. The molecule has 1 unspecified atom stereocenters. The van der Waals surface area contributed by atoms with E-state index in [1.54, 1.807) is 24.3 Å². The number of rotatable bonds is 13. The van der Waals surface area contributed by atoms with Crippen LogP contribution in [0.25, 0.3) is 11.2 Å². The molecule has 4 rings (SSSR count). The van der Waals surface area contributed by atoms with Crippen LogP contribution in [0.2, 0.25) is 0 Å². The van der Waals surface area contributed by atoms with Crippen LogP contribution in [0.1, 0.15) is 12.6 Å². The van der Waals surface area contributed by atoms with Gasteiger partial charge in [-0.2, -0.15) is 10.2 Å². The van der Waals surface area contributed by atoms with Gasteiger partial charge in [0.1, 0.15) is 37.6 Å². The summed E-state index contributed by atoms with van der Waals surface area (Å²) in [5, 5.41) is 31.2. The fraction of sp³-hybridized carbons (Fsp3) is 0.435. The minimum absolute atomic E-state index is 0.0400. The zero-order chi connectivity index (χ0) is 26.9. The second-order valence-electron chi connectivity index (χ2n) is 8.01. The van der Waals surface area contributed by atoms with Crippen LogP contribution < -0.4 is 15.6 Å². The van der Waals surface area contributed by atoms with Crippen molar-refractivity contribution in [2.75, 3.05) is 38.7 Å². The van der Waals surface area contributed by atoms with E-state index >= 15 is 0 Å². The molecular formula is C23H26N6O9. The summed E-state index contributed by atoms with van der Waals surface area (Å²) in [5.74, 6) is -0.221. The summed E-state index contributed by atoms with van der Waals surface area (Å²) in [6.07, 6.45) is -2.85. The van der Waals surface area contributed by atoms with Gasteiger partial charge in [0.2, 0.25) is 5.95 Å². The molecule has 38 heavy (non-hydrogen) atoms. The average molecular weight is 530 g/mol. The Kier molecular flexibility index (Phi) is 9.32. The molecule has 0 saturated carbocycles. The molecule has 2 aromatic heterocycles. The largest absolute Gasteiger partial charge is 0.484 e. The summed E-state index contributed by atoms with van der Waals surface area (Å²) >= 11 is 0. The molecule has 1 fully saturated rings. The van der Waals surface area contributed by atoms with Gasteiger partial charge >= 0.3 is 0 Å². The monoisotopic (exact) mass is 530 g/mol. The van der Waals surface area contributed by atoms with Crippen LogP contribution in [-0.2, 0) is 23.7 Å². The van der Waals surface area contributed by atoms with Gasteiger partial charge in [0.05, 0.1) is 32.0 Å². The van der Waals surface area contributed by atoms with Gasteiger partial charge in [0, 0.05) is 0 Å². The van der Waals surface area contributed by atoms with Gasteiger partial charge < -0.3 is 33.9 Å². The molecular weight excluding hydrogens is 504 g/mol. The third kappa shape index (κ3) is 6.50. The number of nitrogens with one attached hydrogen (secondary N) is 2. The smallest absolute Gasteiger partial charge is 0.280 e. The molecule has 0 spiro atoms. The molecule has 0 aliphatic carbocycles. The summed E-state index contributed by atoms with van der Waals surface area (Å²) in [7, 11) is 0.